The van der Waals surface area contributed by atoms with Gasteiger partial charge in [0.2, 0.25) is 5.88 Å². The molecule has 1 heterocycles. The molecule has 0 unspecified atom stereocenters. The number of pyridine rings is 1. The van der Waals surface area contributed by atoms with Crippen LogP contribution in [-0.2, 0) is 0 Å². The normalized spacial score (nSPS) is 22.5. The molecule has 0 amide bonds. The molecule has 20 heavy (non-hydrogen) atoms. The summed E-state index contributed by atoms with van der Waals surface area (Å²) in [7, 11) is 0. The highest BCUT2D eigenvalue weighted by Gasteiger charge is 2.19. The van der Waals surface area contributed by atoms with E-state index in [1.54, 1.807) is 0 Å². The molecule has 0 spiro atoms. The van der Waals surface area contributed by atoms with Gasteiger partial charge in [-0.1, -0.05) is 26.2 Å². The Morgan fingerprint density at radius 3 is 2.55 bits per heavy atom. The molecule has 2 rings (SSSR count). The van der Waals surface area contributed by atoms with E-state index in [0.717, 1.165) is 24.2 Å². The molecule has 1 fully saturated rings. The number of nitrogen functional groups attached to an aromatic ring is 1. The van der Waals surface area contributed by atoms with E-state index in [1.165, 1.54) is 32.1 Å². The monoisotopic (exact) mass is 277 g/mol. The lowest BCUT2D eigenvalue weighted by atomic mass is 9.81. The number of anilines is 2. The smallest absolute Gasteiger partial charge is 0.239 e. The van der Waals surface area contributed by atoms with Crippen LogP contribution in [0.2, 0.25) is 0 Å². The molecule has 4 nitrogen and oxygen atoms in total. The van der Waals surface area contributed by atoms with E-state index in [4.69, 9.17) is 10.5 Å². The number of aromatic nitrogens is 1. The summed E-state index contributed by atoms with van der Waals surface area (Å²) >= 11 is 0. The molecular formula is C16H27N3O. The molecule has 3 N–H and O–H groups in total. The van der Waals surface area contributed by atoms with Gasteiger partial charge < -0.3 is 15.8 Å². The van der Waals surface area contributed by atoms with Crippen molar-refractivity contribution in [3.8, 4) is 5.88 Å². The van der Waals surface area contributed by atoms with Crippen LogP contribution in [0.25, 0.3) is 0 Å². The summed E-state index contributed by atoms with van der Waals surface area (Å²) in [5, 5.41) is 3.43. The van der Waals surface area contributed by atoms with Gasteiger partial charge in [0.05, 0.1) is 12.3 Å². The first-order valence-electron chi connectivity index (χ1n) is 7.86. The van der Waals surface area contributed by atoms with E-state index in [-0.39, 0.29) is 0 Å². The standard InChI is InChI=1S/C16H27N3O/c1-3-12-5-7-13(8-6-12)11-18-15-10-9-14(17)16(19-15)20-4-2/h9-10,12-13H,3-8,11,17H2,1-2H3,(H,18,19). The Morgan fingerprint density at radius 1 is 1.20 bits per heavy atom. The number of nitrogens with one attached hydrogen (secondary N) is 1. The highest BCUT2D eigenvalue weighted by Crippen LogP contribution is 2.30. The average Bonchev–Trinajstić information content (AvgIpc) is 2.49. The second-order valence-corrected chi connectivity index (χ2v) is 5.70. The fraction of sp³-hybridized carbons (Fsp3) is 0.688. The lowest BCUT2D eigenvalue weighted by Gasteiger charge is -2.28. The van der Waals surface area contributed by atoms with Gasteiger partial charge in [0.1, 0.15) is 5.82 Å². The van der Waals surface area contributed by atoms with E-state index in [0.29, 0.717) is 18.2 Å². The topological polar surface area (TPSA) is 60.2 Å². The van der Waals surface area contributed by atoms with Gasteiger partial charge in [0.25, 0.3) is 0 Å². The van der Waals surface area contributed by atoms with Gasteiger partial charge in [0.15, 0.2) is 0 Å². The summed E-state index contributed by atoms with van der Waals surface area (Å²) < 4.78 is 5.42. The minimum absolute atomic E-state index is 0.534. The van der Waals surface area contributed by atoms with Crippen molar-refractivity contribution in [1.29, 1.82) is 0 Å². The summed E-state index contributed by atoms with van der Waals surface area (Å²) in [6, 6.07) is 3.78. The summed E-state index contributed by atoms with van der Waals surface area (Å²) in [6.07, 6.45) is 6.75. The van der Waals surface area contributed by atoms with Crippen LogP contribution in [-0.4, -0.2) is 18.1 Å². The Kier molecular flexibility index (Phi) is 5.50. The van der Waals surface area contributed by atoms with Crippen LogP contribution < -0.4 is 15.8 Å². The average molecular weight is 277 g/mol. The van der Waals surface area contributed by atoms with E-state index in [1.807, 2.05) is 19.1 Å². The molecule has 0 saturated heterocycles. The van der Waals surface area contributed by atoms with Gasteiger partial charge >= 0.3 is 0 Å². The van der Waals surface area contributed by atoms with Crippen LogP contribution in [0.5, 0.6) is 5.88 Å². The Bertz CT molecular complexity index is 414. The molecule has 4 heteroatoms. The number of rotatable bonds is 6. The molecule has 0 bridgehead atoms. The van der Waals surface area contributed by atoms with Crippen LogP contribution in [0, 0.1) is 11.8 Å². The third-order valence-corrected chi connectivity index (χ3v) is 4.29. The molecule has 0 atom stereocenters. The molecule has 0 aromatic carbocycles. The predicted molar refractivity (Wildman–Crippen MR) is 84.0 cm³/mol. The zero-order valence-electron chi connectivity index (χ0n) is 12.7. The third kappa shape index (κ3) is 4.02. The molecule has 1 saturated carbocycles. The highest BCUT2D eigenvalue weighted by atomic mass is 16.5. The van der Waals surface area contributed by atoms with Crippen molar-refractivity contribution < 1.29 is 4.74 Å². The second-order valence-electron chi connectivity index (χ2n) is 5.70. The van der Waals surface area contributed by atoms with Crippen LogP contribution >= 0.6 is 0 Å². The molecular weight excluding hydrogens is 250 g/mol. The molecule has 1 aromatic rings. The lowest BCUT2D eigenvalue weighted by molar-refractivity contribution is 0.278. The summed E-state index contributed by atoms with van der Waals surface area (Å²) in [5.41, 5.74) is 6.43. The van der Waals surface area contributed by atoms with Gasteiger partial charge in [-0.2, -0.15) is 4.98 Å². The fourth-order valence-corrected chi connectivity index (χ4v) is 2.89. The summed E-state index contributed by atoms with van der Waals surface area (Å²) in [6.45, 7) is 5.82. The Labute approximate surface area is 122 Å². The molecule has 112 valence electrons. The number of hydrogen-bond donors (Lipinski definition) is 2. The van der Waals surface area contributed by atoms with Gasteiger partial charge in [0, 0.05) is 6.54 Å². The third-order valence-electron chi connectivity index (χ3n) is 4.29. The lowest BCUT2D eigenvalue weighted by Crippen LogP contribution is -2.21. The maximum atomic E-state index is 5.83. The van der Waals surface area contributed by atoms with Gasteiger partial charge in [-0.05, 0) is 43.7 Å². The molecule has 1 aliphatic carbocycles. The van der Waals surface area contributed by atoms with Gasteiger partial charge in [-0.3, -0.25) is 0 Å². The first-order chi connectivity index (χ1) is 9.72. The van der Waals surface area contributed by atoms with Crippen molar-refractivity contribution in [3.05, 3.63) is 12.1 Å². The van der Waals surface area contributed by atoms with Crippen molar-refractivity contribution in [3.63, 3.8) is 0 Å². The minimum atomic E-state index is 0.534. The van der Waals surface area contributed by atoms with E-state index in [9.17, 15) is 0 Å². The largest absolute Gasteiger partial charge is 0.476 e. The maximum Gasteiger partial charge on any atom is 0.239 e. The van der Waals surface area contributed by atoms with Crippen molar-refractivity contribution in [2.75, 3.05) is 24.2 Å². The number of nitrogens with zero attached hydrogens (tertiary/aromatic N) is 1. The van der Waals surface area contributed by atoms with Crippen molar-refractivity contribution in [1.82, 2.24) is 4.98 Å². The second kappa shape index (κ2) is 7.36. The van der Waals surface area contributed by atoms with Crippen molar-refractivity contribution >= 4 is 11.5 Å². The van der Waals surface area contributed by atoms with Crippen LogP contribution in [0.3, 0.4) is 0 Å². The Balaban J connectivity index is 1.83. The van der Waals surface area contributed by atoms with E-state index in [2.05, 4.69) is 17.2 Å². The van der Waals surface area contributed by atoms with Crippen LogP contribution in [0.4, 0.5) is 11.5 Å². The number of ether oxygens (including phenoxy) is 1. The van der Waals surface area contributed by atoms with Crippen LogP contribution in [0.1, 0.15) is 46.0 Å². The zero-order chi connectivity index (χ0) is 14.4. The number of nitrogens with two attached hydrogens (primary N) is 1. The molecule has 0 radical (unpaired) electrons. The minimum Gasteiger partial charge on any atom is -0.476 e. The predicted octanol–water partition coefficient (Wildman–Crippen LogP) is 3.69. The zero-order valence-corrected chi connectivity index (χ0v) is 12.7. The Morgan fingerprint density at radius 2 is 1.90 bits per heavy atom. The fourth-order valence-electron chi connectivity index (χ4n) is 2.89. The maximum absolute atomic E-state index is 5.83. The summed E-state index contributed by atoms with van der Waals surface area (Å²) in [4.78, 5) is 4.42. The van der Waals surface area contributed by atoms with E-state index >= 15 is 0 Å². The SMILES string of the molecule is CCOc1nc(NCC2CCC(CC)CC2)ccc1N. The van der Waals surface area contributed by atoms with Gasteiger partial charge in [-0.15, -0.1) is 0 Å². The van der Waals surface area contributed by atoms with E-state index < -0.39 is 0 Å². The summed E-state index contributed by atoms with van der Waals surface area (Å²) in [5.74, 6) is 3.12. The van der Waals surface area contributed by atoms with Gasteiger partial charge in [-0.25, -0.2) is 0 Å². The van der Waals surface area contributed by atoms with Crippen molar-refractivity contribution in [2.45, 2.75) is 46.0 Å². The molecule has 0 aliphatic heterocycles. The first kappa shape index (κ1) is 14.9. The molecule has 1 aromatic heterocycles. The Hall–Kier alpha value is -1.45. The first-order valence-corrected chi connectivity index (χ1v) is 7.86. The van der Waals surface area contributed by atoms with Crippen LogP contribution in [0.15, 0.2) is 12.1 Å². The molecule has 1 aliphatic rings. The number of hydrogen-bond acceptors (Lipinski definition) is 4. The quantitative estimate of drug-likeness (QED) is 0.832. The highest BCUT2D eigenvalue weighted by molar-refractivity contribution is 5.53. The van der Waals surface area contributed by atoms with Crippen molar-refractivity contribution in [2.24, 2.45) is 11.8 Å².